The Hall–Kier alpha value is -1.42. The minimum atomic E-state index is 0.147. The van der Waals surface area contributed by atoms with Crippen molar-refractivity contribution in [2.24, 2.45) is 17.6 Å². The summed E-state index contributed by atoms with van der Waals surface area (Å²) in [6, 6.07) is 7.35. The number of benzene rings is 1. The lowest BCUT2D eigenvalue weighted by Crippen LogP contribution is -2.44. The van der Waals surface area contributed by atoms with E-state index in [1.165, 1.54) is 32.1 Å². The van der Waals surface area contributed by atoms with Crippen LogP contribution >= 0.6 is 12.2 Å². The van der Waals surface area contributed by atoms with Crippen molar-refractivity contribution in [2.75, 3.05) is 13.1 Å². The van der Waals surface area contributed by atoms with Gasteiger partial charge in [0.15, 0.2) is 0 Å². The Kier molecular flexibility index (Phi) is 4.24. The molecule has 4 heteroatoms. The van der Waals surface area contributed by atoms with E-state index in [9.17, 15) is 4.79 Å². The highest BCUT2D eigenvalue weighted by Gasteiger charge is 2.33. The van der Waals surface area contributed by atoms with Crippen LogP contribution in [0.1, 0.15) is 48.0 Å². The van der Waals surface area contributed by atoms with Crippen LogP contribution in [-0.4, -0.2) is 28.9 Å². The van der Waals surface area contributed by atoms with Crippen LogP contribution in [0.3, 0.4) is 0 Å². The Bertz CT molecular complexity index is 540. The Morgan fingerprint density at radius 1 is 1.05 bits per heavy atom. The number of likely N-dealkylation sites (tertiary alicyclic amines) is 1. The molecule has 0 spiro atoms. The lowest BCUT2D eigenvalue weighted by molar-refractivity contribution is 0.0521. The topological polar surface area (TPSA) is 46.3 Å². The summed E-state index contributed by atoms with van der Waals surface area (Å²) in [6.45, 7) is 1.83. The number of amides is 1. The van der Waals surface area contributed by atoms with Gasteiger partial charge in [-0.1, -0.05) is 43.6 Å². The first kappa shape index (κ1) is 14.5. The Labute approximate surface area is 131 Å². The van der Waals surface area contributed by atoms with Crippen LogP contribution in [0.4, 0.5) is 0 Å². The Morgan fingerprint density at radius 2 is 1.67 bits per heavy atom. The molecule has 0 aromatic heterocycles. The van der Waals surface area contributed by atoms with Gasteiger partial charge in [0.2, 0.25) is 0 Å². The molecule has 1 saturated heterocycles. The van der Waals surface area contributed by atoms with Crippen LogP contribution in [0.15, 0.2) is 24.3 Å². The average Bonchev–Trinajstić information content (AvgIpc) is 2.54. The predicted octanol–water partition coefficient (Wildman–Crippen LogP) is 2.97. The molecule has 0 bridgehead atoms. The van der Waals surface area contributed by atoms with Crippen molar-refractivity contribution in [3.05, 3.63) is 35.4 Å². The van der Waals surface area contributed by atoms with Crippen LogP contribution < -0.4 is 5.73 Å². The van der Waals surface area contributed by atoms with E-state index < -0.39 is 0 Å². The van der Waals surface area contributed by atoms with Gasteiger partial charge in [-0.05, 0) is 36.8 Å². The third-order valence-electron chi connectivity index (χ3n) is 4.99. The first-order chi connectivity index (χ1) is 10.1. The molecule has 1 aromatic carbocycles. The molecule has 0 radical (unpaired) electrons. The summed E-state index contributed by atoms with van der Waals surface area (Å²) >= 11 is 4.94. The van der Waals surface area contributed by atoms with Gasteiger partial charge in [-0.15, -0.1) is 0 Å². The third-order valence-corrected chi connectivity index (χ3v) is 5.23. The van der Waals surface area contributed by atoms with E-state index in [2.05, 4.69) is 0 Å². The van der Waals surface area contributed by atoms with Gasteiger partial charge in [-0.3, -0.25) is 4.79 Å². The number of nitrogens with zero attached hydrogens (tertiary/aromatic N) is 1. The van der Waals surface area contributed by atoms with Crippen molar-refractivity contribution in [3.8, 4) is 0 Å². The van der Waals surface area contributed by atoms with E-state index in [-0.39, 0.29) is 5.91 Å². The first-order valence-corrected chi connectivity index (χ1v) is 8.25. The fraction of sp³-hybridized carbons (Fsp3) is 0.529. The van der Waals surface area contributed by atoms with Crippen molar-refractivity contribution in [1.29, 1.82) is 0 Å². The van der Waals surface area contributed by atoms with Crippen LogP contribution in [0, 0.1) is 11.8 Å². The second kappa shape index (κ2) is 6.14. The first-order valence-electron chi connectivity index (χ1n) is 7.84. The molecule has 3 nitrogen and oxygen atoms in total. The van der Waals surface area contributed by atoms with Gasteiger partial charge in [0, 0.05) is 24.2 Å². The minimum Gasteiger partial charge on any atom is -0.389 e. The zero-order valence-corrected chi connectivity index (χ0v) is 13.1. The Balaban J connectivity index is 1.68. The maximum absolute atomic E-state index is 12.6. The number of hydrogen-bond donors (Lipinski definition) is 1. The molecule has 2 N–H and O–H groups in total. The van der Waals surface area contributed by atoms with Gasteiger partial charge in [0.1, 0.15) is 4.99 Å². The van der Waals surface area contributed by atoms with Gasteiger partial charge in [0.25, 0.3) is 5.91 Å². The number of carbonyl (C=O) groups excluding carboxylic acids is 1. The highest BCUT2D eigenvalue weighted by molar-refractivity contribution is 7.80. The van der Waals surface area contributed by atoms with E-state index in [1.807, 2.05) is 29.2 Å². The van der Waals surface area contributed by atoms with Crippen molar-refractivity contribution in [3.63, 3.8) is 0 Å². The predicted molar refractivity (Wildman–Crippen MR) is 88.3 cm³/mol. The summed E-state index contributed by atoms with van der Waals surface area (Å²) in [6.07, 6.45) is 6.51. The lowest BCUT2D eigenvalue weighted by Gasteiger charge is -2.41. The molecule has 2 fully saturated rings. The standard InChI is InChI=1S/C17H22N2OS/c18-16(21)13-5-7-14(8-6-13)17(20)19-10-9-12-3-1-2-4-15(12)11-19/h5-8,12,15H,1-4,9-11H2,(H2,18,21). The Morgan fingerprint density at radius 3 is 2.33 bits per heavy atom. The van der Waals surface area contributed by atoms with Crippen molar-refractivity contribution >= 4 is 23.1 Å². The zero-order chi connectivity index (χ0) is 14.8. The second-order valence-corrected chi connectivity index (χ2v) is 6.73. The van der Waals surface area contributed by atoms with E-state index in [0.29, 0.717) is 10.9 Å². The smallest absolute Gasteiger partial charge is 0.253 e. The summed E-state index contributed by atoms with van der Waals surface area (Å²) in [5.41, 5.74) is 7.14. The van der Waals surface area contributed by atoms with Gasteiger partial charge in [-0.2, -0.15) is 0 Å². The van der Waals surface area contributed by atoms with Gasteiger partial charge < -0.3 is 10.6 Å². The number of piperidine rings is 1. The maximum Gasteiger partial charge on any atom is 0.253 e. The number of nitrogens with two attached hydrogens (primary N) is 1. The lowest BCUT2D eigenvalue weighted by atomic mass is 9.75. The van der Waals surface area contributed by atoms with Crippen LogP contribution in [0.2, 0.25) is 0 Å². The number of rotatable bonds is 2. The molecule has 112 valence electrons. The normalized spacial score (nSPS) is 25.2. The monoisotopic (exact) mass is 302 g/mol. The quantitative estimate of drug-likeness (QED) is 0.854. The minimum absolute atomic E-state index is 0.147. The van der Waals surface area contributed by atoms with E-state index >= 15 is 0 Å². The summed E-state index contributed by atoms with van der Waals surface area (Å²) in [7, 11) is 0. The zero-order valence-electron chi connectivity index (χ0n) is 12.3. The van der Waals surface area contributed by atoms with E-state index in [1.54, 1.807) is 0 Å². The van der Waals surface area contributed by atoms with Crippen molar-refractivity contribution < 1.29 is 4.79 Å². The largest absolute Gasteiger partial charge is 0.389 e. The van der Waals surface area contributed by atoms with E-state index in [4.69, 9.17) is 18.0 Å². The molecule has 1 aliphatic heterocycles. The van der Waals surface area contributed by atoms with Crippen molar-refractivity contribution in [1.82, 2.24) is 4.90 Å². The third kappa shape index (κ3) is 3.10. The fourth-order valence-corrected chi connectivity index (χ4v) is 3.88. The molecule has 3 rings (SSSR count). The molecular weight excluding hydrogens is 280 g/mol. The molecule has 1 aliphatic carbocycles. The van der Waals surface area contributed by atoms with Crippen LogP contribution in [0.5, 0.6) is 0 Å². The van der Waals surface area contributed by atoms with Crippen LogP contribution in [0.25, 0.3) is 0 Å². The van der Waals surface area contributed by atoms with E-state index in [0.717, 1.165) is 30.1 Å². The average molecular weight is 302 g/mol. The highest BCUT2D eigenvalue weighted by Crippen LogP contribution is 2.36. The molecule has 2 unspecified atom stereocenters. The summed E-state index contributed by atoms with van der Waals surface area (Å²) in [4.78, 5) is 15.0. The number of thiocarbonyl (C=S) groups is 1. The maximum atomic E-state index is 12.6. The molecule has 1 aromatic rings. The molecule has 21 heavy (non-hydrogen) atoms. The molecule has 1 heterocycles. The SMILES string of the molecule is NC(=S)c1ccc(C(=O)N2CCC3CCCCC3C2)cc1. The fourth-order valence-electron chi connectivity index (χ4n) is 3.74. The summed E-state index contributed by atoms with van der Waals surface area (Å²) < 4.78 is 0. The van der Waals surface area contributed by atoms with Gasteiger partial charge in [-0.25, -0.2) is 0 Å². The molecule has 1 amide bonds. The summed E-state index contributed by atoms with van der Waals surface area (Å²) in [5, 5.41) is 0. The van der Waals surface area contributed by atoms with Gasteiger partial charge in [0.05, 0.1) is 0 Å². The van der Waals surface area contributed by atoms with Gasteiger partial charge >= 0.3 is 0 Å². The second-order valence-electron chi connectivity index (χ2n) is 6.29. The van der Waals surface area contributed by atoms with Crippen molar-refractivity contribution in [2.45, 2.75) is 32.1 Å². The summed E-state index contributed by atoms with van der Waals surface area (Å²) in [5.74, 6) is 1.71. The molecule has 2 atom stereocenters. The molecular formula is C17H22N2OS. The number of fused-ring (bicyclic) bond motifs is 1. The highest BCUT2D eigenvalue weighted by atomic mass is 32.1. The number of carbonyl (C=O) groups is 1. The molecule has 2 aliphatic rings. The molecule has 1 saturated carbocycles. The van der Waals surface area contributed by atoms with Crippen LogP contribution in [-0.2, 0) is 0 Å². The number of hydrogen-bond acceptors (Lipinski definition) is 2.